The topological polar surface area (TPSA) is 38.5 Å². The molecule has 3 nitrogen and oxygen atoms in total. The van der Waals surface area contributed by atoms with Crippen LogP contribution in [0.2, 0.25) is 0 Å². The molecular formula is C18H34N2O. The Hall–Kier alpha value is -0.120. The van der Waals surface area contributed by atoms with Crippen LogP contribution < -0.4 is 5.73 Å². The van der Waals surface area contributed by atoms with Gasteiger partial charge in [-0.15, -0.1) is 0 Å². The molecule has 3 heteroatoms. The van der Waals surface area contributed by atoms with Crippen molar-refractivity contribution in [1.82, 2.24) is 4.90 Å². The van der Waals surface area contributed by atoms with Gasteiger partial charge in [0.2, 0.25) is 0 Å². The monoisotopic (exact) mass is 294 g/mol. The predicted molar refractivity (Wildman–Crippen MR) is 87.4 cm³/mol. The summed E-state index contributed by atoms with van der Waals surface area (Å²) in [6, 6.07) is 1.34. The first-order chi connectivity index (χ1) is 10.3. The summed E-state index contributed by atoms with van der Waals surface area (Å²) in [6.45, 7) is 5.40. The molecule has 2 N–H and O–H groups in total. The average molecular weight is 294 g/mol. The van der Waals surface area contributed by atoms with Crippen LogP contribution in [0.3, 0.4) is 0 Å². The molecule has 2 aliphatic heterocycles. The number of hydrogen-bond donors (Lipinski definition) is 1. The van der Waals surface area contributed by atoms with Crippen LogP contribution in [0.1, 0.15) is 71.1 Å². The van der Waals surface area contributed by atoms with Gasteiger partial charge in [0.1, 0.15) is 0 Å². The molecule has 1 saturated carbocycles. The molecule has 3 rings (SSSR count). The highest BCUT2D eigenvalue weighted by Crippen LogP contribution is 2.41. The number of nitrogens with zero attached hydrogens (tertiary/aromatic N) is 1. The summed E-state index contributed by atoms with van der Waals surface area (Å²) in [6.07, 6.45) is 13.2. The summed E-state index contributed by atoms with van der Waals surface area (Å²) in [5, 5.41) is 0. The van der Waals surface area contributed by atoms with E-state index < -0.39 is 0 Å². The molecule has 3 fully saturated rings. The molecule has 1 spiro atoms. The third-order valence-corrected chi connectivity index (χ3v) is 6.42. The fourth-order valence-corrected chi connectivity index (χ4v) is 5.06. The van der Waals surface area contributed by atoms with Crippen molar-refractivity contribution in [3.8, 4) is 0 Å². The molecule has 21 heavy (non-hydrogen) atoms. The molecule has 0 aromatic heterocycles. The third kappa shape index (κ3) is 3.46. The smallest absolute Gasteiger partial charge is 0.0697 e. The minimum atomic E-state index is 0.224. The van der Waals surface area contributed by atoms with Crippen molar-refractivity contribution in [2.24, 2.45) is 11.7 Å². The molecule has 2 saturated heterocycles. The summed E-state index contributed by atoms with van der Waals surface area (Å²) in [4.78, 5) is 2.77. The Bertz CT molecular complexity index is 322. The lowest BCUT2D eigenvalue weighted by Crippen LogP contribution is -2.56. The third-order valence-electron chi connectivity index (χ3n) is 6.42. The minimum absolute atomic E-state index is 0.224. The lowest BCUT2D eigenvalue weighted by Gasteiger charge is -2.50. The Kier molecular flexibility index (Phi) is 5.23. The highest BCUT2D eigenvalue weighted by Gasteiger charge is 2.42. The van der Waals surface area contributed by atoms with Crippen molar-refractivity contribution in [3.05, 3.63) is 0 Å². The molecule has 3 unspecified atom stereocenters. The summed E-state index contributed by atoms with van der Waals surface area (Å²) < 4.78 is 6.28. The van der Waals surface area contributed by atoms with E-state index in [0.717, 1.165) is 25.1 Å². The number of rotatable bonds is 3. The van der Waals surface area contributed by atoms with Gasteiger partial charge in [-0.3, -0.25) is 4.90 Å². The van der Waals surface area contributed by atoms with Gasteiger partial charge in [0, 0.05) is 25.2 Å². The van der Waals surface area contributed by atoms with Gasteiger partial charge in [0.05, 0.1) is 5.60 Å². The van der Waals surface area contributed by atoms with Crippen molar-refractivity contribution in [2.45, 2.75) is 88.8 Å². The van der Waals surface area contributed by atoms with Crippen LogP contribution >= 0.6 is 0 Å². The molecule has 0 aromatic rings. The Morgan fingerprint density at radius 3 is 2.71 bits per heavy atom. The molecule has 0 amide bonds. The van der Waals surface area contributed by atoms with Crippen molar-refractivity contribution < 1.29 is 4.74 Å². The van der Waals surface area contributed by atoms with E-state index >= 15 is 0 Å². The Balaban J connectivity index is 1.64. The SMILES string of the molecule is CCC1CCN(C2CCOC3(CCCCC3)C2)C(CN)C1. The number of hydrogen-bond acceptors (Lipinski definition) is 3. The highest BCUT2D eigenvalue weighted by atomic mass is 16.5. The van der Waals surface area contributed by atoms with Gasteiger partial charge in [-0.1, -0.05) is 32.6 Å². The fraction of sp³-hybridized carbons (Fsp3) is 1.00. The molecular weight excluding hydrogens is 260 g/mol. The Morgan fingerprint density at radius 2 is 2.00 bits per heavy atom. The van der Waals surface area contributed by atoms with Gasteiger partial charge in [0.25, 0.3) is 0 Å². The van der Waals surface area contributed by atoms with E-state index in [1.807, 2.05) is 0 Å². The van der Waals surface area contributed by atoms with Crippen LogP contribution in [0.15, 0.2) is 0 Å². The number of ether oxygens (including phenoxy) is 1. The summed E-state index contributed by atoms with van der Waals surface area (Å²) in [5.41, 5.74) is 6.34. The second-order valence-electron chi connectivity index (χ2n) is 7.66. The second-order valence-corrected chi connectivity index (χ2v) is 7.66. The standard InChI is InChI=1S/C18H34N2O/c1-2-15-6-10-20(17(12-15)14-19)16-7-11-21-18(13-16)8-4-3-5-9-18/h15-17H,2-14,19H2,1H3. The van der Waals surface area contributed by atoms with E-state index in [-0.39, 0.29) is 5.60 Å². The minimum Gasteiger partial charge on any atom is -0.375 e. The van der Waals surface area contributed by atoms with Gasteiger partial charge < -0.3 is 10.5 Å². The lowest BCUT2D eigenvalue weighted by molar-refractivity contribution is -0.131. The van der Waals surface area contributed by atoms with Crippen molar-refractivity contribution in [2.75, 3.05) is 19.7 Å². The van der Waals surface area contributed by atoms with E-state index in [2.05, 4.69) is 11.8 Å². The highest BCUT2D eigenvalue weighted by molar-refractivity contribution is 4.96. The first-order valence-electron chi connectivity index (χ1n) is 9.36. The van der Waals surface area contributed by atoms with Gasteiger partial charge >= 0.3 is 0 Å². The maximum absolute atomic E-state index is 6.28. The van der Waals surface area contributed by atoms with Crippen LogP contribution in [0.25, 0.3) is 0 Å². The Labute approximate surface area is 130 Å². The number of nitrogens with two attached hydrogens (primary N) is 1. The molecule has 0 aromatic carbocycles. The molecule has 0 radical (unpaired) electrons. The maximum Gasteiger partial charge on any atom is 0.0697 e. The molecule has 3 aliphatic rings. The van der Waals surface area contributed by atoms with Gasteiger partial charge in [-0.2, -0.15) is 0 Å². The summed E-state index contributed by atoms with van der Waals surface area (Å²) >= 11 is 0. The van der Waals surface area contributed by atoms with Crippen molar-refractivity contribution in [3.63, 3.8) is 0 Å². The zero-order valence-corrected chi connectivity index (χ0v) is 13.9. The van der Waals surface area contributed by atoms with Gasteiger partial charge in [-0.25, -0.2) is 0 Å². The van der Waals surface area contributed by atoms with Crippen molar-refractivity contribution in [1.29, 1.82) is 0 Å². The second kappa shape index (κ2) is 6.97. The van der Waals surface area contributed by atoms with Gasteiger partial charge in [-0.05, 0) is 51.0 Å². The van der Waals surface area contributed by atoms with Crippen LogP contribution in [0.4, 0.5) is 0 Å². The van der Waals surface area contributed by atoms with Gasteiger partial charge in [0.15, 0.2) is 0 Å². The summed E-state index contributed by atoms with van der Waals surface area (Å²) in [5.74, 6) is 0.901. The maximum atomic E-state index is 6.28. The zero-order chi connectivity index (χ0) is 14.7. The average Bonchev–Trinajstić information content (AvgIpc) is 2.55. The number of piperidine rings is 1. The largest absolute Gasteiger partial charge is 0.375 e. The van der Waals surface area contributed by atoms with Crippen LogP contribution in [-0.4, -0.2) is 42.3 Å². The van der Waals surface area contributed by atoms with Crippen LogP contribution in [0, 0.1) is 5.92 Å². The first kappa shape index (κ1) is 15.8. The molecule has 3 atom stereocenters. The lowest BCUT2D eigenvalue weighted by atomic mass is 9.77. The molecule has 1 aliphatic carbocycles. The van der Waals surface area contributed by atoms with E-state index in [0.29, 0.717) is 6.04 Å². The predicted octanol–water partition coefficient (Wildman–Crippen LogP) is 3.32. The fourth-order valence-electron chi connectivity index (χ4n) is 5.06. The van der Waals surface area contributed by atoms with E-state index in [1.165, 1.54) is 70.8 Å². The first-order valence-corrected chi connectivity index (χ1v) is 9.36. The van der Waals surface area contributed by atoms with E-state index in [1.54, 1.807) is 0 Å². The molecule has 0 bridgehead atoms. The van der Waals surface area contributed by atoms with Crippen LogP contribution in [-0.2, 0) is 4.74 Å². The van der Waals surface area contributed by atoms with Crippen LogP contribution in [0.5, 0.6) is 0 Å². The van der Waals surface area contributed by atoms with E-state index in [9.17, 15) is 0 Å². The quantitative estimate of drug-likeness (QED) is 0.868. The summed E-state index contributed by atoms with van der Waals surface area (Å²) in [7, 11) is 0. The van der Waals surface area contributed by atoms with Crippen molar-refractivity contribution >= 4 is 0 Å². The van der Waals surface area contributed by atoms with E-state index in [4.69, 9.17) is 10.5 Å². The number of likely N-dealkylation sites (tertiary alicyclic amines) is 1. The zero-order valence-electron chi connectivity index (χ0n) is 13.9. The normalized spacial score (nSPS) is 37.7. The Morgan fingerprint density at radius 1 is 1.19 bits per heavy atom. The molecule has 122 valence electrons. The molecule has 2 heterocycles.